The number of benzene rings is 2. The van der Waals surface area contributed by atoms with E-state index in [0.717, 1.165) is 45.6 Å². The number of rotatable bonds is 7. The second-order valence-corrected chi connectivity index (χ2v) is 8.31. The van der Waals surface area contributed by atoms with Gasteiger partial charge in [0.1, 0.15) is 0 Å². The monoisotopic (exact) mass is 394 g/mol. The molecule has 1 aliphatic heterocycles. The van der Waals surface area contributed by atoms with E-state index in [-0.39, 0.29) is 18.4 Å². The van der Waals surface area contributed by atoms with Crippen LogP contribution < -0.4 is 5.32 Å². The van der Waals surface area contributed by atoms with Crippen molar-refractivity contribution in [3.8, 4) is 0 Å². The van der Waals surface area contributed by atoms with E-state index in [1.165, 1.54) is 16.3 Å². The van der Waals surface area contributed by atoms with Gasteiger partial charge in [-0.25, -0.2) is 0 Å². The summed E-state index contributed by atoms with van der Waals surface area (Å²) in [6.07, 6.45) is 2.16. The van der Waals surface area contributed by atoms with Gasteiger partial charge in [0, 0.05) is 38.8 Å². The van der Waals surface area contributed by atoms with Gasteiger partial charge in [-0.05, 0) is 36.2 Å². The van der Waals surface area contributed by atoms with E-state index in [4.69, 9.17) is 0 Å². The van der Waals surface area contributed by atoms with Crippen LogP contribution in [-0.2, 0) is 16.1 Å². The van der Waals surface area contributed by atoms with Gasteiger partial charge >= 0.3 is 0 Å². The average Bonchev–Trinajstić information content (AvgIpc) is 3.52. The second-order valence-electron chi connectivity index (χ2n) is 8.31. The first-order chi connectivity index (χ1) is 14.1. The number of nitrogens with one attached hydrogen (secondary N) is 1. The van der Waals surface area contributed by atoms with E-state index < -0.39 is 0 Å². The lowest BCUT2D eigenvalue weighted by molar-refractivity contribution is -0.134. The molecule has 6 nitrogen and oxygen atoms in total. The van der Waals surface area contributed by atoms with E-state index in [1.54, 1.807) is 0 Å². The fourth-order valence-corrected chi connectivity index (χ4v) is 3.96. The molecular formula is C23H30N4O2. The van der Waals surface area contributed by atoms with Crippen LogP contribution in [0.3, 0.4) is 0 Å². The Bertz CT molecular complexity index is 867. The highest BCUT2D eigenvalue weighted by atomic mass is 16.2. The summed E-state index contributed by atoms with van der Waals surface area (Å²) >= 11 is 0. The molecule has 2 fully saturated rings. The highest BCUT2D eigenvalue weighted by molar-refractivity contribution is 5.85. The molecular weight excluding hydrogens is 364 g/mol. The summed E-state index contributed by atoms with van der Waals surface area (Å²) in [5, 5.41) is 5.54. The smallest absolute Gasteiger partial charge is 0.236 e. The van der Waals surface area contributed by atoms with E-state index >= 15 is 0 Å². The van der Waals surface area contributed by atoms with Crippen molar-refractivity contribution >= 4 is 22.6 Å². The third-order valence-corrected chi connectivity index (χ3v) is 5.76. The van der Waals surface area contributed by atoms with Crippen molar-refractivity contribution in [3.05, 3.63) is 48.0 Å². The van der Waals surface area contributed by atoms with Crippen molar-refractivity contribution in [3.63, 3.8) is 0 Å². The second kappa shape index (κ2) is 8.93. The Balaban J connectivity index is 1.24. The standard InChI is InChI=1S/C23H30N4O2/c1-25(16-22(28)24-20-9-10-20)17-23(29)27-13-11-26(12-14-27)15-19-7-4-6-18-5-2-3-8-21(18)19/h2-8,20H,9-17H2,1H3,(H,24,28). The predicted octanol–water partition coefficient (Wildman–Crippen LogP) is 1.69. The van der Waals surface area contributed by atoms with Crippen molar-refractivity contribution < 1.29 is 9.59 Å². The molecule has 0 unspecified atom stereocenters. The number of nitrogens with zero attached hydrogens (tertiary/aromatic N) is 3. The van der Waals surface area contributed by atoms with Gasteiger partial charge < -0.3 is 10.2 Å². The van der Waals surface area contributed by atoms with E-state index in [2.05, 4.69) is 52.7 Å². The van der Waals surface area contributed by atoms with Gasteiger partial charge in [0.15, 0.2) is 0 Å². The van der Waals surface area contributed by atoms with Crippen molar-refractivity contribution in [2.24, 2.45) is 0 Å². The minimum atomic E-state index is 0.0164. The fourth-order valence-electron chi connectivity index (χ4n) is 3.96. The third-order valence-electron chi connectivity index (χ3n) is 5.76. The molecule has 0 atom stereocenters. The van der Waals surface area contributed by atoms with Crippen molar-refractivity contribution in [2.45, 2.75) is 25.4 Å². The van der Waals surface area contributed by atoms with Gasteiger partial charge in [-0.2, -0.15) is 0 Å². The molecule has 1 aliphatic carbocycles. The molecule has 4 rings (SSSR count). The van der Waals surface area contributed by atoms with Crippen LogP contribution in [0, 0.1) is 0 Å². The van der Waals surface area contributed by atoms with Crippen LogP contribution in [0.2, 0.25) is 0 Å². The Labute approximate surface area is 172 Å². The zero-order valence-corrected chi connectivity index (χ0v) is 17.1. The van der Waals surface area contributed by atoms with Crippen LogP contribution in [0.5, 0.6) is 0 Å². The molecule has 1 saturated carbocycles. The summed E-state index contributed by atoms with van der Waals surface area (Å²) < 4.78 is 0. The van der Waals surface area contributed by atoms with Gasteiger partial charge in [0.25, 0.3) is 0 Å². The molecule has 2 amide bonds. The van der Waals surface area contributed by atoms with Gasteiger partial charge in [0.2, 0.25) is 11.8 Å². The zero-order chi connectivity index (χ0) is 20.2. The van der Waals surface area contributed by atoms with Crippen LogP contribution in [0.25, 0.3) is 10.8 Å². The van der Waals surface area contributed by atoms with Crippen LogP contribution in [0.1, 0.15) is 18.4 Å². The Hall–Kier alpha value is -2.44. The zero-order valence-electron chi connectivity index (χ0n) is 17.1. The maximum atomic E-state index is 12.6. The highest BCUT2D eigenvalue weighted by Crippen LogP contribution is 2.21. The molecule has 1 heterocycles. The van der Waals surface area contributed by atoms with Crippen molar-refractivity contribution in [1.82, 2.24) is 20.0 Å². The third kappa shape index (κ3) is 5.34. The van der Waals surface area contributed by atoms with Crippen LogP contribution >= 0.6 is 0 Å². The molecule has 1 N–H and O–H groups in total. The maximum Gasteiger partial charge on any atom is 0.236 e. The number of carbonyl (C=O) groups is 2. The summed E-state index contributed by atoms with van der Waals surface area (Å²) in [6.45, 7) is 4.72. The minimum Gasteiger partial charge on any atom is -0.352 e. The van der Waals surface area contributed by atoms with Gasteiger partial charge in [-0.3, -0.25) is 19.4 Å². The number of amides is 2. The summed E-state index contributed by atoms with van der Waals surface area (Å²) in [5.74, 6) is 0.124. The SMILES string of the molecule is CN(CC(=O)NC1CC1)CC(=O)N1CCN(Cc2cccc3ccccc23)CC1. The molecule has 0 spiro atoms. The largest absolute Gasteiger partial charge is 0.352 e. The number of likely N-dealkylation sites (N-methyl/N-ethyl adjacent to an activating group) is 1. The highest BCUT2D eigenvalue weighted by Gasteiger charge is 2.25. The first-order valence-corrected chi connectivity index (χ1v) is 10.5. The molecule has 29 heavy (non-hydrogen) atoms. The Kier molecular flexibility index (Phi) is 6.11. The molecule has 1 saturated heterocycles. The fraction of sp³-hybridized carbons (Fsp3) is 0.478. The molecule has 2 aromatic carbocycles. The van der Waals surface area contributed by atoms with E-state index in [9.17, 15) is 9.59 Å². The van der Waals surface area contributed by atoms with E-state index in [1.807, 2.05) is 16.8 Å². The number of hydrogen-bond acceptors (Lipinski definition) is 4. The van der Waals surface area contributed by atoms with Gasteiger partial charge in [0.05, 0.1) is 13.1 Å². The average molecular weight is 395 g/mol. The first-order valence-electron chi connectivity index (χ1n) is 10.5. The maximum absolute atomic E-state index is 12.6. The predicted molar refractivity (Wildman–Crippen MR) is 114 cm³/mol. The Morgan fingerprint density at radius 1 is 1.00 bits per heavy atom. The molecule has 2 aliphatic rings. The molecule has 0 aromatic heterocycles. The lowest BCUT2D eigenvalue weighted by Crippen LogP contribution is -2.51. The summed E-state index contributed by atoms with van der Waals surface area (Å²) in [6, 6.07) is 15.3. The summed E-state index contributed by atoms with van der Waals surface area (Å²) in [4.78, 5) is 30.6. The van der Waals surface area contributed by atoms with Crippen molar-refractivity contribution in [2.75, 3.05) is 46.3 Å². The van der Waals surface area contributed by atoms with Crippen LogP contribution in [0.4, 0.5) is 0 Å². The summed E-state index contributed by atoms with van der Waals surface area (Å²) in [7, 11) is 1.83. The van der Waals surface area contributed by atoms with Gasteiger partial charge in [-0.15, -0.1) is 0 Å². The Morgan fingerprint density at radius 2 is 1.72 bits per heavy atom. The van der Waals surface area contributed by atoms with Crippen molar-refractivity contribution in [1.29, 1.82) is 0 Å². The number of hydrogen-bond donors (Lipinski definition) is 1. The van der Waals surface area contributed by atoms with Crippen LogP contribution in [0.15, 0.2) is 42.5 Å². The molecule has 2 aromatic rings. The molecule has 0 bridgehead atoms. The Morgan fingerprint density at radius 3 is 2.48 bits per heavy atom. The lowest BCUT2D eigenvalue weighted by Gasteiger charge is -2.35. The molecule has 154 valence electrons. The van der Waals surface area contributed by atoms with Crippen LogP contribution in [-0.4, -0.2) is 78.9 Å². The molecule has 0 radical (unpaired) electrons. The number of fused-ring (bicyclic) bond motifs is 1. The normalized spacial score (nSPS) is 17.7. The molecule has 6 heteroatoms. The number of piperazine rings is 1. The first kappa shape index (κ1) is 19.9. The number of carbonyl (C=O) groups excluding carboxylic acids is 2. The minimum absolute atomic E-state index is 0.0164. The summed E-state index contributed by atoms with van der Waals surface area (Å²) in [5.41, 5.74) is 1.34. The topological polar surface area (TPSA) is 55.9 Å². The quantitative estimate of drug-likeness (QED) is 0.777. The van der Waals surface area contributed by atoms with E-state index in [0.29, 0.717) is 12.6 Å². The lowest BCUT2D eigenvalue weighted by atomic mass is 10.0. The van der Waals surface area contributed by atoms with Gasteiger partial charge in [-0.1, -0.05) is 42.5 Å².